The third-order valence-electron chi connectivity index (χ3n) is 3.92. The molecule has 120 valence electrons. The second-order valence-electron chi connectivity index (χ2n) is 6.51. The van der Waals surface area contributed by atoms with Crippen LogP contribution in [0.2, 0.25) is 0 Å². The summed E-state index contributed by atoms with van der Waals surface area (Å²) in [6.07, 6.45) is 0.560. The van der Waals surface area contributed by atoms with Crippen LogP contribution in [0.4, 0.5) is 14.6 Å². The number of hydrogen-bond donors (Lipinski definition) is 2. The summed E-state index contributed by atoms with van der Waals surface area (Å²) in [5, 5.41) is 10.8. The molecule has 0 radical (unpaired) electrons. The van der Waals surface area contributed by atoms with Gasteiger partial charge in [-0.05, 0) is 24.8 Å². The monoisotopic (exact) mass is 310 g/mol. The Morgan fingerprint density at radius 3 is 3.05 bits per heavy atom. The molecule has 2 aromatic heterocycles. The van der Waals surface area contributed by atoms with Crippen LogP contribution < -0.4 is 10.6 Å². The van der Waals surface area contributed by atoms with Crippen molar-refractivity contribution >= 4 is 11.6 Å². The number of rotatable bonds is 3. The second kappa shape index (κ2) is 5.75. The van der Waals surface area contributed by atoms with Crippen LogP contribution in [-0.2, 0) is 0 Å². The molecule has 1 unspecified atom stereocenters. The van der Waals surface area contributed by atoms with Gasteiger partial charge in [0.25, 0.3) is 12.2 Å². The molecule has 8 heteroatoms. The van der Waals surface area contributed by atoms with Gasteiger partial charge in [-0.15, -0.1) is 0 Å². The first-order valence-electron chi connectivity index (χ1n) is 7.41. The summed E-state index contributed by atoms with van der Waals surface area (Å²) >= 11 is 0. The van der Waals surface area contributed by atoms with E-state index in [1.54, 1.807) is 0 Å². The lowest BCUT2D eigenvalue weighted by molar-refractivity contribution is 0.146. The van der Waals surface area contributed by atoms with Gasteiger partial charge >= 0.3 is 0 Å². The molecule has 22 heavy (non-hydrogen) atoms. The third kappa shape index (κ3) is 3.16. The van der Waals surface area contributed by atoms with Crippen LogP contribution >= 0.6 is 0 Å². The number of hydrogen-bond acceptors (Lipinski definition) is 5. The maximum absolute atomic E-state index is 13.0. The van der Waals surface area contributed by atoms with Gasteiger partial charge in [-0.1, -0.05) is 13.8 Å². The molecule has 3 heterocycles. The van der Waals surface area contributed by atoms with Crippen molar-refractivity contribution in [2.45, 2.75) is 39.2 Å². The molecular weight excluding hydrogens is 290 g/mol. The van der Waals surface area contributed by atoms with Crippen LogP contribution in [0.1, 0.15) is 38.8 Å². The van der Waals surface area contributed by atoms with Crippen molar-refractivity contribution in [2.24, 2.45) is 5.41 Å². The zero-order valence-electron chi connectivity index (χ0n) is 12.7. The minimum Gasteiger partial charge on any atom is -0.367 e. The first-order valence-corrected chi connectivity index (χ1v) is 7.41. The third-order valence-corrected chi connectivity index (χ3v) is 3.92. The van der Waals surface area contributed by atoms with Crippen LogP contribution in [0.25, 0.3) is 5.78 Å². The van der Waals surface area contributed by atoms with Gasteiger partial charge in [-0.3, -0.25) is 0 Å². The highest BCUT2D eigenvalue weighted by Gasteiger charge is 2.27. The molecule has 0 spiro atoms. The predicted octanol–water partition coefficient (Wildman–Crippen LogP) is 2.25. The standard InChI is InChI=1S/C14H20F2N6/c1-14(2)6-9(3-4-17-7-14)20-11-5-10(12(15)16)21-13-18-8-19-22(11)13/h5,8-9,12,17,20H,3-4,6-7H2,1-2H3. The van der Waals surface area contributed by atoms with Crippen LogP contribution in [0, 0.1) is 5.41 Å². The summed E-state index contributed by atoms with van der Waals surface area (Å²) in [5.74, 6) is 0.701. The van der Waals surface area contributed by atoms with Gasteiger partial charge in [0, 0.05) is 18.7 Å². The van der Waals surface area contributed by atoms with Crippen molar-refractivity contribution in [2.75, 3.05) is 18.4 Å². The fourth-order valence-corrected chi connectivity index (χ4v) is 2.92. The molecule has 2 N–H and O–H groups in total. The van der Waals surface area contributed by atoms with Crippen molar-refractivity contribution in [1.29, 1.82) is 0 Å². The maximum Gasteiger partial charge on any atom is 0.280 e. The summed E-state index contributed by atoms with van der Waals surface area (Å²) in [6.45, 7) is 6.24. The molecular formula is C14H20F2N6. The summed E-state index contributed by atoms with van der Waals surface area (Å²) in [4.78, 5) is 7.74. The molecule has 3 rings (SSSR count). The van der Waals surface area contributed by atoms with Crippen molar-refractivity contribution in [3.8, 4) is 0 Å². The number of fused-ring (bicyclic) bond motifs is 1. The number of nitrogens with zero attached hydrogens (tertiary/aromatic N) is 4. The Hall–Kier alpha value is -1.83. The van der Waals surface area contributed by atoms with E-state index < -0.39 is 6.43 Å². The Morgan fingerprint density at radius 1 is 1.45 bits per heavy atom. The van der Waals surface area contributed by atoms with E-state index in [2.05, 4.69) is 39.5 Å². The SMILES string of the molecule is CC1(C)CNCCC(Nc2cc(C(F)F)nc3ncnn23)C1. The zero-order chi connectivity index (χ0) is 15.7. The summed E-state index contributed by atoms with van der Waals surface area (Å²) in [7, 11) is 0. The van der Waals surface area contributed by atoms with E-state index in [-0.39, 0.29) is 22.9 Å². The smallest absolute Gasteiger partial charge is 0.280 e. The van der Waals surface area contributed by atoms with E-state index >= 15 is 0 Å². The molecule has 1 saturated heterocycles. The average Bonchev–Trinajstić information content (AvgIpc) is 2.84. The first-order chi connectivity index (χ1) is 10.4. The van der Waals surface area contributed by atoms with Gasteiger partial charge in [0.05, 0.1) is 0 Å². The molecule has 1 atom stereocenters. The predicted molar refractivity (Wildman–Crippen MR) is 79.0 cm³/mol. The molecule has 2 aromatic rings. The Balaban J connectivity index is 1.90. The number of alkyl halides is 2. The maximum atomic E-state index is 13.0. The van der Waals surface area contributed by atoms with Crippen molar-refractivity contribution in [1.82, 2.24) is 24.9 Å². The van der Waals surface area contributed by atoms with Gasteiger partial charge in [-0.25, -0.2) is 13.8 Å². The van der Waals surface area contributed by atoms with Crippen LogP contribution in [0.3, 0.4) is 0 Å². The molecule has 0 aliphatic carbocycles. The lowest BCUT2D eigenvalue weighted by atomic mass is 9.86. The van der Waals surface area contributed by atoms with Gasteiger partial charge in [0.1, 0.15) is 17.8 Å². The van der Waals surface area contributed by atoms with E-state index in [9.17, 15) is 8.78 Å². The van der Waals surface area contributed by atoms with Crippen molar-refractivity contribution in [3.63, 3.8) is 0 Å². The molecule has 0 saturated carbocycles. The normalized spacial score (nSPS) is 22.0. The molecule has 0 aromatic carbocycles. The minimum absolute atomic E-state index is 0.147. The van der Waals surface area contributed by atoms with Crippen LogP contribution in [-0.4, -0.2) is 38.7 Å². The highest BCUT2D eigenvalue weighted by Crippen LogP contribution is 2.28. The fourth-order valence-electron chi connectivity index (χ4n) is 2.92. The Bertz CT molecular complexity index is 654. The van der Waals surface area contributed by atoms with Gasteiger partial charge in [0.2, 0.25) is 0 Å². The van der Waals surface area contributed by atoms with Gasteiger partial charge in [0.15, 0.2) is 0 Å². The minimum atomic E-state index is -2.63. The molecule has 0 amide bonds. The van der Waals surface area contributed by atoms with E-state index in [0.717, 1.165) is 25.9 Å². The molecule has 6 nitrogen and oxygen atoms in total. The lowest BCUT2D eigenvalue weighted by Crippen LogP contribution is -2.29. The molecule has 0 bridgehead atoms. The fraction of sp³-hybridized carbons (Fsp3) is 0.643. The second-order valence-corrected chi connectivity index (χ2v) is 6.51. The Kier molecular flexibility index (Phi) is 3.94. The van der Waals surface area contributed by atoms with E-state index in [1.807, 2.05) is 0 Å². The lowest BCUT2D eigenvalue weighted by Gasteiger charge is -2.27. The van der Waals surface area contributed by atoms with Gasteiger partial charge in [-0.2, -0.15) is 14.6 Å². The summed E-state index contributed by atoms with van der Waals surface area (Å²) in [5.41, 5.74) is -0.136. The number of nitrogens with one attached hydrogen (secondary N) is 2. The van der Waals surface area contributed by atoms with Gasteiger partial charge < -0.3 is 10.6 Å². The molecule has 1 aliphatic heterocycles. The number of halogens is 2. The summed E-state index contributed by atoms with van der Waals surface area (Å²) in [6, 6.07) is 1.54. The number of anilines is 1. The highest BCUT2D eigenvalue weighted by molar-refractivity contribution is 5.46. The first kappa shape index (κ1) is 15.1. The largest absolute Gasteiger partial charge is 0.367 e. The van der Waals surface area contributed by atoms with E-state index in [0.29, 0.717) is 5.82 Å². The molecule has 1 aliphatic rings. The summed E-state index contributed by atoms with van der Waals surface area (Å²) < 4.78 is 27.4. The Morgan fingerprint density at radius 2 is 2.27 bits per heavy atom. The quantitative estimate of drug-likeness (QED) is 0.910. The zero-order valence-corrected chi connectivity index (χ0v) is 12.7. The highest BCUT2D eigenvalue weighted by atomic mass is 19.3. The van der Waals surface area contributed by atoms with Crippen molar-refractivity contribution in [3.05, 3.63) is 18.1 Å². The van der Waals surface area contributed by atoms with Crippen LogP contribution in [0.15, 0.2) is 12.4 Å². The Labute approximate surface area is 127 Å². The van der Waals surface area contributed by atoms with Crippen LogP contribution in [0.5, 0.6) is 0 Å². The topological polar surface area (TPSA) is 67.1 Å². The van der Waals surface area contributed by atoms with E-state index in [4.69, 9.17) is 0 Å². The van der Waals surface area contributed by atoms with Crippen molar-refractivity contribution < 1.29 is 8.78 Å². The molecule has 1 fully saturated rings. The average molecular weight is 310 g/mol. The van der Waals surface area contributed by atoms with E-state index in [1.165, 1.54) is 16.9 Å². The number of aromatic nitrogens is 4.